The first-order valence-electron chi connectivity index (χ1n) is 16.1. The molecule has 1 aliphatic carbocycles. The molecule has 0 radical (unpaired) electrons. The van der Waals surface area contributed by atoms with Crippen LogP contribution in [0.5, 0.6) is 0 Å². The number of aldehydes is 1. The number of benzene rings is 2. The van der Waals surface area contributed by atoms with Gasteiger partial charge in [-0.15, -0.1) is 0 Å². The van der Waals surface area contributed by atoms with E-state index in [-0.39, 0.29) is 16.0 Å². The minimum atomic E-state index is -2.76. The fourth-order valence-electron chi connectivity index (χ4n) is 6.52. The number of ether oxygens (including phenoxy) is 1. The van der Waals surface area contributed by atoms with Crippen molar-refractivity contribution in [1.82, 2.24) is 0 Å². The Hall–Kier alpha value is -2.33. The number of carbonyl (C=O) groups excluding carboxylic acids is 2. The van der Waals surface area contributed by atoms with E-state index >= 15 is 0 Å². The number of carbonyl (C=O) groups is 2. The third kappa shape index (κ3) is 7.38. The molecule has 0 unspecified atom stereocenters. The van der Waals surface area contributed by atoms with Gasteiger partial charge in [-0.05, 0) is 57.9 Å². The van der Waals surface area contributed by atoms with Gasteiger partial charge in [-0.3, -0.25) is 9.59 Å². The van der Waals surface area contributed by atoms with E-state index < -0.39 is 33.6 Å². The topological polar surface area (TPSA) is 61.8 Å². The molecule has 3 atom stereocenters. The van der Waals surface area contributed by atoms with Crippen molar-refractivity contribution < 1.29 is 23.2 Å². The second-order valence-electron chi connectivity index (χ2n) is 15.5. The van der Waals surface area contributed by atoms with E-state index in [0.717, 1.165) is 18.3 Å². The van der Waals surface area contributed by atoms with Crippen LogP contribution in [-0.4, -0.2) is 47.7 Å². The van der Waals surface area contributed by atoms with E-state index in [4.69, 9.17) is 13.6 Å². The Kier molecular flexibility index (Phi) is 11.2. The summed E-state index contributed by atoms with van der Waals surface area (Å²) in [6.07, 6.45) is 4.90. The highest BCUT2D eigenvalue weighted by Gasteiger charge is 2.55. The lowest BCUT2D eigenvalue weighted by molar-refractivity contribution is -0.176. The smallest absolute Gasteiger partial charge is 0.303 e. The zero-order valence-corrected chi connectivity index (χ0v) is 31.1. The Morgan fingerprint density at radius 1 is 0.909 bits per heavy atom. The van der Waals surface area contributed by atoms with Gasteiger partial charge in [-0.2, -0.15) is 0 Å². The summed E-state index contributed by atoms with van der Waals surface area (Å²) in [6, 6.07) is 21.3. The lowest BCUT2D eigenvalue weighted by atomic mass is 9.61. The summed E-state index contributed by atoms with van der Waals surface area (Å²) < 4.78 is 19.7. The number of hydrogen-bond donors (Lipinski definition) is 0. The predicted molar refractivity (Wildman–Crippen MR) is 186 cm³/mol. The molecule has 242 valence electrons. The van der Waals surface area contributed by atoms with Gasteiger partial charge in [-0.1, -0.05) is 122 Å². The molecule has 0 aromatic heterocycles. The van der Waals surface area contributed by atoms with Crippen LogP contribution in [-0.2, 0) is 23.2 Å². The molecule has 3 rings (SSSR count). The van der Waals surface area contributed by atoms with E-state index in [0.29, 0.717) is 26.1 Å². The third-order valence-electron chi connectivity index (χ3n) is 10.2. The van der Waals surface area contributed by atoms with Gasteiger partial charge in [0.15, 0.2) is 20.2 Å². The summed E-state index contributed by atoms with van der Waals surface area (Å²) in [5, 5.41) is 2.43. The van der Waals surface area contributed by atoms with Crippen LogP contribution in [0.4, 0.5) is 0 Å². The summed E-state index contributed by atoms with van der Waals surface area (Å²) in [7, 11) is -4.67. The van der Waals surface area contributed by atoms with Crippen molar-refractivity contribution in [3.05, 3.63) is 72.3 Å². The van der Waals surface area contributed by atoms with Crippen LogP contribution in [0.25, 0.3) is 0 Å². The minimum absolute atomic E-state index is 0.00526. The number of esters is 1. The van der Waals surface area contributed by atoms with Crippen LogP contribution >= 0.6 is 0 Å². The number of rotatable bonds is 12. The van der Waals surface area contributed by atoms with Crippen molar-refractivity contribution >= 4 is 39.3 Å². The van der Waals surface area contributed by atoms with Gasteiger partial charge in [-0.25, -0.2) is 0 Å². The van der Waals surface area contributed by atoms with Gasteiger partial charge >= 0.3 is 5.97 Å². The molecule has 2 aromatic rings. The van der Waals surface area contributed by atoms with Crippen LogP contribution in [0, 0.1) is 11.3 Å². The maximum absolute atomic E-state index is 12.9. The quantitative estimate of drug-likeness (QED) is 0.0781. The Morgan fingerprint density at radius 2 is 1.43 bits per heavy atom. The molecule has 1 aliphatic rings. The minimum Gasteiger partial charge on any atom is -0.451 e. The summed E-state index contributed by atoms with van der Waals surface area (Å²) in [5.41, 5.74) is -0.792. The fourth-order valence-corrected chi connectivity index (χ4v) is 12.1. The summed E-state index contributed by atoms with van der Waals surface area (Å²) in [5.74, 6) is -0.442. The molecule has 0 fully saturated rings. The first kappa shape index (κ1) is 36.1. The van der Waals surface area contributed by atoms with Crippen molar-refractivity contribution in [2.45, 2.75) is 110 Å². The van der Waals surface area contributed by atoms with E-state index in [1.807, 2.05) is 0 Å². The molecule has 2 aromatic carbocycles. The Balaban J connectivity index is 2.03. The van der Waals surface area contributed by atoms with Crippen molar-refractivity contribution in [3.63, 3.8) is 0 Å². The normalized spacial score (nSPS) is 23.2. The van der Waals surface area contributed by atoms with Crippen molar-refractivity contribution in [2.75, 3.05) is 13.2 Å². The van der Waals surface area contributed by atoms with Gasteiger partial charge in [0.05, 0.1) is 6.61 Å². The van der Waals surface area contributed by atoms with Crippen LogP contribution in [0.3, 0.4) is 0 Å². The summed E-state index contributed by atoms with van der Waals surface area (Å²) in [6.45, 7) is 24.7. The molecule has 0 N–H and O–H groups in total. The monoisotopic (exact) mass is 636 g/mol. The van der Waals surface area contributed by atoms with Gasteiger partial charge in [0, 0.05) is 25.4 Å². The van der Waals surface area contributed by atoms with Crippen molar-refractivity contribution in [3.8, 4) is 0 Å². The van der Waals surface area contributed by atoms with Gasteiger partial charge in [0.2, 0.25) is 0 Å². The van der Waals surface area contributed by atoms with Gasteiger partial charge in [0.25, 0.3) is 8.32 Å². The fraction of sp³-hybridized carbons (Fsp3) is 0.568. The second kappa shape index (κ2) is 13.6. The maximum Gasteiger partial charge on any atom is 0.303 e. The zero-order valence-electron chi connectivity index (χ0n) is 29.1. The first-order chi connectivity index (χ1) is 20.3. The van der Waals surface area contributed by atoms with E-state index in [1.165, 1.54) is 17.3 Å². The first-order valence-corrected chi connectivity index (χ1v) is 20.9. The summed E-state index contributed by atoms with van der Waals surface area (Å²) in [4.78, 5) is 25.2. The second-order valence-corrected chi connectivity index (χ2v) is 24.6. The Morgan fingerprint density at radius 3 is 1.86 bits per heavy atom. The Labute approximate surface area is 269 Å². The van der Waals surface area contributed by atoms with Gasteiger partial charge in [0.1, 0.15) is 0 Å². The molecule has 5 nitrogen and oxygen atoms in total. The number of hydrogen-bond acceptors (Lipinski definition) is 5. The average Bonchev–Trinajstić information content (AvgIpc) is 2.93. The van der Waals surface area contributed by atoms with E-state index in [9.17, 15) is 9.59 Å². The molecule has 0 aliphatic heterocycles. The molecule has 0 bridgehead atoms. The zero-order chi connectivity index (χ0) is 33.0. The van der Waals surface area contributed by atoms with Crippen LogP contribution in [0.1, 0.15) is 81.6 Å². The van der Waals surface area contributed by atoms with Crippen molar-refractivity contribution in [2.24, 2.45) is 11.3 Å². The standard InChI is InChI=1S/C37H56O5Si2/c1-29-25-37(28-38,42-30(2)39)36(9,23-18-24-40-43(10,11)34(3,4)5)26-31(29)27-41-44(35(6,7)8,32-19-14-12-15-20-32)33-21-16-13-17-22-33/h12-17,19-22,26,28-29H,18,23-25,27H2,1-11H3/t29-,36+,37+/m0/s1. The van der Waals surface area contributed by atoms with Crippen LogP contribution in [0.2, 0.25) is 23.2 Å². The molecular weight excluding hydrogens is 581 g/mol. The molecule has 0 amide bonds. The molecule has 44 heavy (non-hydrogen) atoms. The van der Waals surface area contributed by atoms with E-state index in [1.54, 1.807) is 0 Å². The van der Waals surface area contributed by atoms with E-state index in [2.05, 4.69) is 135 Å². The lowest BCUT2D eigenvalue weighted by Crippen LogP contribution is -2.66. The molecule has 7 heteroatoms. The van der Waals surface area contributed by atoms with Gasteiger partial charge < -0.3 is 13.6 Å². The average molecular weight is 637 g/mol. The summed E-state index contributed by atoms with van der Waals surface area (Å²) >= 11 is 0. The molecule has 0 saturated carbocycles. The predicted octanol–water partition coefficient (Wildman–Crippen LogP) is 7.84. The lowest BCUT2D eigenvalue weighted by Gasteiger charge is -2.49. The van der Waals surface area contributed by atoms with Crippen LogP contribution < -0.4 is 10.4 Å². The molecular formula is C37H56O5Si2. The molecule has 0 heterocycles. The highest BCUT2D eigenvalue weighted by Crippen LogP contribution is 2.50. The Bertz CT molecular complexity index is 1250. The highest BCUT2D eigenvalue weighted by molar-refractivity contribution is 6.99. The SMILES string of the molecule is CC(=O)O[C@@]1(C=O)C[C@H](C)C(CO[Si](c2ccccc2)(c2ccccc2)C(C)(C)C)=C[C@@]1(C)CCCO[Si](C)(C)C(C)(C)C. The van der Waals surface area contributed by atoms with Crippen LogP contribution in [0.15, 0.2) is 72.3 Å². The maximum atomic E-state index is 12.9. The molecule has 0 saturated heterocycles. The third-order valence-corrected chi connectivity index (χ3v) is 19.7. The largest absolute Gasteiger partial charge is 0.451 e. The van der Waals surface area contributed by atoms with Crippen molar-refractivity contribution in [1.29, 1.82) is 0 Å². The highest BCUT2D eigenvalue weighted by atomic mass is 28.4. The molecule has 0 spiro atoms.